The SMILES string of the molecule is CC(C)N1CCCC(=O)Nc2cccc(C(=O)O)c21. The van der Waals surface area contributed by atoms with Gasteiger partial charge >= 0.3 is 5.97 Å². The van der Waals surface area contributed by atoms with Gasteiger partial charge in [-0.25, -0.2) is 4.79 Å². The van der Waals surface area contributed by atoms with E-state index in [0.717, 1.165) is 6.42 Å². The predicted molar refractivity (Wildman–Crippen MR) is 73.7 cm³/mol. The van der Waals surface area contributed by atoms with Gasteiger partial charge in [-0.1, -0.05) is 6.07 Å². The zero-order valence-corrected chi connectivity index (χ0v) is 11.1. The molecular weight excluding hydrogens is 244 g/mol. The summed E-state index contributed by atoms with van der Waals surface area (Å²) in [7, 11) is 0. The lowest BCUT2D eigenvalue weighted by molar-refractivity contribution is -0.116. The molecule has 0 bridgehead atoms. The molecule has 2 rings (SSSR count). The first-order valence-electron chi connectivity index (χ1n) is 6.43. The largest absolute Gasteiger partial charge is 0.478 e. The van der Waals surface area contributed by atoms with Crippen molar-refractivity contribution in [3.05, 3.63) is 23.8 Å². The standard InChI is InChI=1S/C14H18N2O3/c1-9(2)16-8-4-7-12(17)15-11-6-3-5-10(13(11)16)14(18)19/h3,5-6,9H,4,7-8H2,1-2H3,(H,15,17)(H,18,19). The van der Waals surface area contributed by atoms with E-state index in [0.29, 0.717) is 24.3 Å². The van der Waals surface area contributed by atoms with Gasteiger partial charge in [0, 0.05) is 19.0 Å². The van der Waals surface area contributed by atoms with E-state index in [1.54, 1.807) is 18.2 Å². The average molecular weight is 262 g/mol. The van der Waals surface area contributed by atoms with Crippen LogP contribution in [0.2, 0.25) is 0 Å². The molecule has 2 N–H and O–H groups in total. The van der Waals surface area contributed by atoms with Crippen molar-refractivity contribution in [2.45, 2.75) is 32.7 Å². The van der Waals surface area contributed by atoms with Gasteiger partial charge in [-0.2, -0.15) is 0 Å². The molecular formula is C14H18N2O3. The summed E-state index contributed by atoms with van der Waals surface area (Å²) in [5, 5.41) is 12.1. The van der Waals surface area contributed by atoms with E-state index in [1.165, 1.54) is 0 Å². The van der Waals surface area contributed by atoms with E-state index in [4.69, 9.17) is 0 Å². The number of carbonyl (C=O) groups excluding carboxylic acids is 1. The molecule has 1 heterocycles. The minimum absolute atomic E-state index is 0.0628. The fourth-order valence-corrected chi connectivity index (χ4v) is 2.38. The van der Waals surface area contributed by atoms with Crippen LogP contribution in [0.15, 0.2) is 18.2 Å². The van der Waals surface area contributed by atoms with E-state index in [9.17, 15) is 14.7 Å². The molecule has 0 aromatic heterocycles. The van der Waals surface area contributed by atoms with E-state index in [-0.39, 0.29) is 17.5 Å². The summed E-state index contributed by atoms with van der Waals surface area (Å²) in [6.45, 7) is 4.72. The number of carbonyl (C=O) groups is 2. The molecule has 0 atom stereocenters. The quantitative estimate of drug-likeness (QED) is 0.858. The van der Waals surface area contributed by atoms with Crippen LogP contribution < -0.4 is 10.2 Å². The van der Waals surface area contributed by atoms with Gasteiger partial charge in [-0.3, -0.25) is 4.79 Å². The van der Waals surface area contributed by atoms with Crippen molar-refractivity contribution in [1.82, 2.24) is 0 Å². The van der Waals surface area contributed by atoms with Crippen LogP contribution in [0.3, 0.4) is 0 Å². The Morgan fingerprint density at radius 2 is 2.16 bits per heavy atom. The van der Waals surface area contributed by atoms with Gasteiger partial charge in [0.2, 0.25) is 5.91 Å². The number of benzene rings is 1. The lowest BCUT2D eigenvalue weighted by atomic mass is 10.1. The number of fused-ring (bicyclic) bond motifs is 1. The first-order valence-corrected chi connectivity index (χ1v) is 6.43. The Balaban J connectivity index is 2.59. The third-order valence-electron chi connectivity index (χ3n) is 3.25. The molecule has 0 unspecified atom stereocenters. The Morgan fingerprint density at radius 3 is 2.79 bits per heavy atom. The molecule has 5 heteroatoms. The van der Waals surface area contributed by atoms with Crippen LogP contribution in [-0.4, -0.2) is 29.6 Å². The summed E-state index contributed by atoms with van der Waals surface area (Å²) in [5.41, 5.74) is 1.42. The molecule has 1 aliphatic heterocycles. The van der Waals surface area contributed by atoms with Crippen molar-refractivity contribution in [2.75, 3.05) is 16.8 Å². The Kier molecular flexibility index (Phi) is 3.74. The lowest BCUT2D eigenvalue weighted by Gasteiger charge is -2.33. The summed E-state index contributed by atoms with van der Waals surface area (Å²) in [4.78, 5) is 25.1. The normalized spacial score (nSPS) is 15.5. The zero-order chi connectivity index (χ0) is 14.0. The Labute approximate surface area is 112 Å². The van der Waals surface area contributed by atoms with Crippen LogP contribution in [0, 0.1) is 0 Å². The first-order chi connectivity index (χ1) is 9.00. The van der Waals surface area contributed by atoms with Gasteiger partial charge in [0.15, 0.2) is 0 Å². The Morgan fingerprint density at radius 1 is 1.42 bits per heavy atom. The number of para-hydroxylation sites is 1. The van der Waals surface area contributed by atoms with E-state index in [2.05, 4.69) is 5.32 Å². The van der Waals surface area contributed by atoms with Crippen molar-refractivity contribution < 1.29 is 14.7 Å². The van der Waals surface area contributed by atoms with Gasteiger partial charge in [0.1, 0.15) is 0 Å². The third kappa shape index (κ3) is 2.70. The molecule has 1 amide bonds. The number of hydrogen-bond acceptors (Lipinski definition) is 3. The van der Waals surface area contributed by atoms with Crippen LogP contribution in [0.5, 0.6) is 0 Å². The maximum atomic E-state index is 11.7. The van der Waals surface area contributed by atoms with E-state index < -0.39 is 5.97 Å². The van der Waals surface area contributed by atoms with Crippen LogP contribution in [0.25, 0.3) is 0 Å². The van der Waals surface area contributed by atoms with Crippen molar-refractivity contribution in [2.24, 2.45) is 0 Å². The van der Waals surface area contributed by atoms with E-state index >= 15 is 0 Å². The number of amides is 1. The second-order valence-electron chi connectivity index (χ2n) is 4.95. The molecule has 1 aromatic rings. The summed E-state index contributed by atoms with van der Waals surface area (Å²) < 4.78 is 0. The molecule has 0 fully saturated rings. The van der Waals surface area contributed by atoms with Crippen LogP contribution in [0.1, 0.15) is 37.0 Å². The summed E-state index contributed by atoms with van der Waals surface area (Å²) in [6.07, 6.45) is 1.18. The molecule has 0 saturated heterocycles. The summed E-state index contributed by atoms with van der Waals surface area (Å²) in [6, 6.07) is 5.15. The maximum Gasteiger partial charge on any atom is 0.337 e. The topological polar surface area (TPSA) is 69.6 Å². The number of aromatic carboxylic acids is 1. The van der Waals surface area contributed by atoms with Gasteiger partial charge in [-0.15, -0.1) is 0 Å². The number of rotatable bonds is 2. The predicted octanol–water partition coefficient (Wildman–Crippen LogP) is 2.33. The summed E-state index contributed by atoms with van der Waals surface area (Å²) in [5.74, 6) is -1.04. The highest BCUT2D eigenvalue weighted by atomic mass is 16.4. The van der Waals surface area contributed by atoms with E-state index in [1.807, 2.05) is 18.7 Å². The minimum Gasteiger partial charge on any atom is -0.478 e. The number of nitrogens with zero attached hydrogens (tertiary/aromatic N) is 1. The van der Waals surface area contributed by atoms with Crippen molar-refractivity contribution in [1.29, 1.82) is 0 Å². The molecule has 1 aliphatic rings. The molecule has 0 spiro atoms. The number of nitrogens with one attached hydrogen (secondary N) is 1. The molecule has 1 aromatic carbocycles. The second-order valence-corrected chi connectivity index (χ2v) is 4.95. The molecule has 0 aliphatic carbocycles. The van der Waals surface area contributed by atoms with Crippen LogP contribution in [0.4, 0.5) is 11.4 Å². The highest BCUT2D eigenvalue weighted by Gasteiger charge is 2.24. The van der Waals surface area contributed by atoms with Gasteiger partial charge in [-0.05, 0) is 32.4 Å². The molecule has 0 radical (unpaired) electrons. The fraction of sp³-hybridized carbons (Fsp3) is 0.429. The van der Waals surface area contributed by atoms with Gasteiger partial charge < -0.3 is 15.3 Å². The van der Waals surface area contributed by atoms with Gasteiger partial charge in [0.05, 0.1) is 16.9 Å². The number of hydrogen-bond donors (Lipinski definition) is 2. The minimum atomic E-state index is -0.975. The number of carboxylic acids is 1. The average Bonchev–Trinajstić information content (AvgIpc) is 2.31. The monoisotopic (exact) mass is 262 g/mol. The van der Waals surface area contributed by atoms with Gasteiger partial charge in [0.25, 0.3) is 0 Å². The molecule has 0 saturated carbocycles. The first kappa shape index (κ1) is 13.4. The summed E-state index contributed by atoms with van der Waals surface area (Å²) >= 11 is 0. The smallest absolute Gasteiger partial charge is 0.337 e. The zero-order valence-electron chi connectivity index (χ0n) is 11.1. The van der Waals surface area contributed by atoms with Crippen LogP contribution >= 0.6 is 0 Å². The number of anilines is 2. The second kappa shape index (κ2) is 5.30. The van der Waals surface area contributed by atoms with Crippen molar-refractivity contribution in [3.63, 3.8) is 0 Å². The lowest BCUT2D eigenvalue weighted by Crippen LogP contribution is -2.36. The highest BCUT2D eigenvalue weighted by molar-refractivity contribution is 6.03. The molecule has 102 valence electrons. The highest BCUT2D eigenvalue weighted by Crippen LogP contribution is 2.33. The van der Waals surface area contributed by atoms with Crippen LogP contribution in [-0.2, 0) is 4.79 Å². The molecule has 5 nitrogen and oxygen atoms in total. The van der Waals surface area contributed by atoms with Crippen molar-refractivity contribution >= 4 is 23.3 Å². The molecule has 19 heavy (non-hydrogen) atoms. The maximum absolute atomic E-state index is 11.7. The third-order valence-corrected chi connectivity index (χ3v) is 3.25. The Hall–Kier alpha value is -2.04. The Bertz CT molecular complexity index is 511. The van der Waals surface area contributed by atoms with Crippen molar-refractivity contribution in [3.8, 4) is 0 Å². The number of carboxylic acid groups (broad SMARTS) is 1. The fourth-order valence-electron chi connectivity index (χ4n) is 2.38.